The number of fused-ring (bicyclic) bond motifs is 2. The normalized spacial score (nSPS) is 15.9. The highest BCUT2D eigenvalue weighted by atomic mass is 16.7. The first-order valence-electron chi connectivity index (χ1n) is 11.5. The van der Waals surface area contributed by atoms with E-state index >= 15 is 0 Å². The molecule has 0 spiro atoms. The van der Waals surface area contributed by atoms with E-state index < -0.39 is 12.3 Å². The molecule has 182 valence electrons. The molecule has 1 atom stereocenters. The lowest BCUT2D eigenvalue weighted by molar-refractivity contribution is 0.0326. The van der Waals surface area contributed by atoms with Gasteiger partial charge in [-0.2, -0.15) is 5.26 Å². The molecule has 1 unspecified atom stereocenters. The van der Waals surface area contributed by atoms with Crippen LogP contribution < -0.4 is 20.1 Å². The summed E-state index contributed by atoms with van der Waals surface area (Å²) < 4.78 is 16.5. The Kier molecular flexibility index (Phi) is 6.43. The molecular weight excluding hydrogens is 462 g/mol. The highest BCUT2D eigenvalue weighted by Crippen LogP contribution is 2.40. The summed E-state index contributed by atoms with van der Waals surface area (Å²) in [7, 11) is 0. The number of carboxylic acid groups (broad SMARTS) is 1. The zero-order valence-electron chi connectivity index (χ0n) is 19.2. The standard InChI is InChI=1S/C27H23N3O6/c28-14-18-12-22-23(36-27(32)33)8-10-34-25(22)13-24(18)35-21-5-2-17(3-6-21)26(31)30-20-4-1-16-7-9-29-15-19(16)11-20/h1-6,11-13,23,29H,7-10,15H2,(H,30,31)(H,32,33). The van der Waals surface area contributed by atoms with E-state index in [9.17, 15) is 14.9 Å². The predicted molar refractivity (Wildman–Crippen MR) is 129 cm³/mol. The van der Waals surface area contributed by atoms with E-state index in [2.05, 4.69) is 16.7 Å². The van der Waals surface area contributed by atoms with Crippen molar-refractivity contribution in [2.24, 2.45) is 0 Å². The second-order valence-corrected chi connectivity index (χ2v) is 8.50. The third-order valence-corrected chi connectivity index (χ3v) is 6.16. The molecule has 2 aliphatic rings. The van der Waals surface area contributed by atoms with E-state index in [0.717, 1.165) is 25.2 Å². The lowest BCUT2D eigenvalue weighted by atomic mass is 10.00. The number of hydrogen-bond donors (Lipinski definition) is 3. The summed E-state index contributed by atoms with van der Waals surface area (Å²) in [6.45, 7) is 2.03. The van der Waals surface area contributed by atoms with Gasteiger partial charge < -0.3 is 30.0 Å². The number of nitrogens with zero attached hydrogens (tertiary/aromatic N) is 1. The van der Waals surface area contributed by atoms with Crippen molar-refractivity contribution in [3.63, 3.8) is 0 Å². The third-order valence-electron chi connectivity index (χ3n) is 6.16. The summed E-state index contributed by atoms with van der Waals surface area (Å²) in [5, 5.41) is 24.8. The van der Waals surface area contributed by atoms with Gasteiger partial charge in [-0.3, -0.25) is 4.79 Å². The average molecular weight is 485 g/mol. The molecule has 3 N–H and O–H groups in total. The molecule has 0 saturated heterocycles. The minimum atomic E-state index is -1.39. The Morgan fingerprint density at radius 3 is 2.72 bits per heavy atom. The van der Waals surface area contributed by atoms with E-state index in [-0.39, 0.29) is 23.8 Å². The molecular formula is C27H23N3O6. The lowest BCUT2D eigenvalue weighted by Crippen LogP contribution is -2.23. The number of ether oxygens (including phenoxy) is 3. The predicted octanol–water partition coefficient (Wildman–Crippen LogP) is 4.77. The number of anilines is 1. The van der Waals surface area contributed by atoms with Crippen molar-refractivity contribution < 1.29 is 28.9 Å². The quantitative estimate of drug-likeness (QED) is 0.441. The first-order chi connectivity index (χ1) is 17.5. The summed E-state index contributed by atoms with van der Waals surface area (Å²) in [6, 6.07) is 17.7. The van der Waals surface area contributed by atoms with Gasteiger partial charge in [0.1, 0.15) is 29.4 Å². The molecule has 9 nitrogen and oxygen atoms in total. The van der Waals surface area contributed by atoms with Gasteiger partial charge in [0.2, 0.25) is 0 Å². The van der Waals surface area contributed by atoms with Crippen molar-refractivity contribution in [3.8, 4) is 23.3 Å². The molecule has 0 bridgehead atoms. The van der Waals surface area contributed by atoms with Crippen molar-refractivity contribution >= 4 is 17.7 Å². The highest BCUT2D eigenvalue weighted by molar-refractivity contribution is 6.04. The SMILES string of the molecule is N#Cc1cc2c(cc1Oc1ccc(C(=O)Nc3ccc4c(c3)CNCC4)cc1)OCCC2OC(=O)O. The van der Waals surface area contributed by atoms with Gasteiger partial charge in [-0.25, -0.2) is 4.79 Å². The molecule has 0 aromatic heterocycles. The topological polar surface area (TPSA) is 130 Å². The largest absolute Gasteiger partial charge is 0.506 e. The van der Waals surface area contributed by atoms with Gasteiger partial charge in [-0.1, -0.05) is 6.07 Å². The molecule has 0 radical (unpaired) electrons. The number of nitriles is 1. The Balaban J connectivity index is 1.30. The van der Waals surface area contributed by atoms with Crippen LogP contribution in [0.2, 0.25) is 0 Å². The fourth-order valence-corrected chi connectivity index (χ4v) is 4.36. The summed E-state index contributed by atoms with van der Waals surface area (Å²) in [4.78, 5) is 23.7. The van der Waals surface area contributed by atoms with E-state index in [1.54, 1.807) is 30.3 Å². The molecule has 0 saturated carbocycles. The Morgan fingerprint density at radius 2 is 1.94 bits per heavy atom. The van der Waals surface area contributed by atoms with E-state index in [1.807, 2.05) is 18.2 Å². The summed E-state index contributed by atoms with van der Waals surface area (Å²) in [6.07, 6.45) is -0.766. The molecule has 3 aromatic rings. The maximum Gasteiger partial charge on any atom is 0.506 e. The number of carbonyl (C=O) groups is 2. The zero-order chi connectivity index (χ0) is 25.1. The van der Waals surface area contributed by atoms with E-state index in [4.69, 9.17) is 19.3 Å². The van der Waals surface area contributed by atoms with E-state index in [0.29, 0.717) is 29.0 Å². The zero-order valence-corrected chi connectivity index (χ0v) is 19.2. The second-order valence-electron chi connectivity index (χ2n) is 8.50. The van der Waals surface area contributed by atoms with Gasteiger partial charge in [0, 0.05) is 35.8 Å². The van der Waals surface area contributed by atoms with Crippen LogP contribution >= 0.6 is 0 Å². The highest BCUT2D eigenvalue weighted by Gasteiger charge is 2.27. The second kappa shape index (κ2) is 9.98. The van der Waals surface area contributed by atoms with Crippen LogP contribution in [-0.4, -0.2) is 30.3 Å². The molecule has 2 heterocycles. The van der Waals surface area contributed by atoms with Crippen LogP contribution in [0.5, 0.6) is 17.2 Å². The summed E-state index contributed by atoms with van der Waals surface area (Å²) >= 11 is 0. The molecule has 3 aromatic carbocycles. The van der Waals surface area contributed by atoms with Gasteiger partial charge in [0.25, 0.3) is 5.91 Å². The van der Waals surface area contributed by atoms with Crippen LogP contribution in [0.25, 0.3) is 0 Å². The maximum absolute atomic E-state index is 12.7. The lowest BCUT2D eigenvalue weighted by Gasteiger charge is -2.25. The van der Waals surface area contributed by atoms with Gasteiger partial charge in [-0.05, 0) is 66.6 Å². The summed E-state index contributed by atoms with van der Waals surface area (Å²) in [5.74, 6) is 0.844. The molecule has 36 heavy (non-hydrogen) atoms. The van der Waals surface area contributed by atoms with Gasteiger partial charge in [-0.15, -0.1) is 0 Å². The molecule has 5 rings (SSSR count). The summed E-state index contributed by atoms with van der Waals surface area (Å²) in [5.41, 5.74) is 4.37. The Hall–Kier alpha value is -4.55. The van der Waals surface area contributed by atoms with Crippen LogP contribution in [0, 0.1) is 11.3 Å². The van der Waals surface area contributed by atoms with Crippen LogP contribution in [-0.2, 0) is 17.7 Å². The Morgan fingerprint density at radius 1 is 1.11 bits per heavy atom. The third kappa shape index (κ3) is 4.94. The number of nitrogens with one attached hydrogen (secondary N) is 2. The van der Waals surface area contributed by atoms with Crippen molar-refractivity contribution in [1.82, 2.24) is 5.32 Å². The van der Waals surface area contributed by atoms with Crippen LogP contribution in [0.1, 0.15) is 45.1 Å². The molecule has 0 fully saturated rings. The van der Waals surface area contributed by atoms with Crippen molar-refractivity contribution in [2.45, 2.75) is 25.5 Å². The molecule has 1 amide bonds. The van der Waals surface area contributed by atoms with Gasteiger partial charge in [0.05, 0.1) is 12.2 Å². The van der Waals surface area contributed by atoms with Crippen molar-refractivity contribution in [1.29, 1.82) is 5.26 Å². The van der Waals surface area contributed by atoms with E-state index in [1.165, 1.54) is 17.2 Å². The maximum atomic E-state index is 12.7. The van der Waals surface area contributed by atoms with Crippen LogP contribution in [0.4, 0.5) is 10.5 Å². The average Bonchev–Trinajstić information content (AvgIpc) is 2.88. The monoisotopic (exact) mass is 485 g/mol. The number of amides is 1. The minimum Gasteiger partial charge on any atom is -0.493 e. The molecule has 0 aliphatic carbocycles. The fraction of sp³-hybridized carbons (Fsp3) is 0.222. The van der Waals surface area contributed by atoms with Crippen LogP contribution in [0.15, 0.2) is 54.6 Å². The van der Waals surface area contributed by atoms with Gasteiger partial charge >= 0.3 is 6.16 Å². The van der Waals surface area contributed by atoms with Crippen LogP contribution in [0.3, 0.4) is 0 Å². The number of rotatable bonds is 5. The first kappa shape index (κ1) is 23.2. The molecule has 9 heteroatoms. The first-order valence-corrected chi connectivity index (χ1v) is 11.5. The number of carbonyl (C=O) groups excluding carboxylic acids is 1. The fourth-order valence-electron chi connectivity index (χ4n) is 4.36. The minimum absolute atomic E-state index is 0.210. The van der Waals surface area contributed by atoms with Gasteiger partial charge in [0.15, 0.2) is 0 Å². The molecule has 2 aliphatic heterocycles. The Bertz CT molecular complexity index is 1360. The van der Waals surface area contributed by atoms with Crippen molar-refractivity contribution in [2.75, 3.05) is 18.5 Å². The number of benzene rings is 3. The smallest absolute Gasteiger partial charge is 0.493 e. The number of hydrogen-bond acceptors (Lipinski definition) is 7. The van der Waals surface area contributed by atoms with Crippen molar-refractivity contribution in [3.05, 3.63) is 82.4 Å². The Labute approximate surface area is 207 Å².